The molecule has 0 spiro atoms. The number of aryl methyl sites for hydroxylation is 2. The van der Waals surface area contributed by atoms with Crippen LogP contribution in [0.3, 0.4) is 0 Å². The molecule has 186 valence electrons. The summed E-state index contributed by atoms with van der Waals surface area (Å²) in [6.45, 7) is 7.25. The number of nitrogens with zero attached hydrogens (tertiary/aromatic N) is 4. The minimum atomic E-state index is -0.175. The van der Waals surface area contributed by atoms with Gasteiger partial charge in [-0.1, -0.05) is 18.2 Å². The smallest absolute Gasteiger partial charge is 0.266 e. The number of hydrogen-bond acceptors (Lipinski definition) is 8. The van der Waals surface area contributed by atoms with Crippen LogP contribution in [0.2, 0.25) is 0 Å². The molecular weight excluding hydrogens is 474 g/mol. The van der Waals surface area contributed by atoms with Gasteiger partial charge < -0.3 is 24.6 Å². The highest BCUT2D eigenvalue weighted by molar-refractivity contribution is 7.20. The lowest BCUT2D eigenvalue weighted by atomic mass is 10.1. The van der Waals surface area contributed by atoms with Crippen molar-refractivity contribution in [2.45, 2.75) is 13.8 Å². The minimum Gasteiger partial charge on any atom is -0.495 e. The molecule has 2 aromatic heterocycles. The van der Waals surface area contributed by atoms with Gasteiger partial charge in [-0.25, -0.2) is 9.97 Å². The zero-order valence-corrected chi connectivity index (χ0v) is 21.7. The third kappa shape index (κ3) is 4.42. The van der Waals surface area contributed by atoms with Gasteiger partial charge in [0.15, 0.2) is 0 Å². The number of amides is 1. The normalized spacial score (nSPS) is 13.7. The summed E-state index contributed by atoms with van der Waals surface area (Å²) in [4.78, 5) is 28.5. The molecule has 0 bridgehead atoms. The standard InChI is InChI=1S/C27H29N5O3S/c1-17-9-10-21(34-3)19(15-17)30-26(33)24-18(2)23-25(28-16-29-27(23)36-24)32-13-11-31(12-14-32)20-7-5-6-8-22(20)35-4/h5-10,15-16H,11-14H2,1-4H3,(H,30,33). The van der Waals surface area contributed by atoms with E-state index in [9.17, 15) is 4.79 Å². The summed E-state index contributed by atoms with van der Waals surface area (Å²) in [6, 6.07) is 13.8. The van der Waals surface area contributed by atoms with E-state index in [1.165, 1.54) is 11.3 Å². The molecule has 1 N–H and O–H groups in total. The Morgan fingerprint density at radius 2 is 1.67 bits per heavy atom. The van der Waals surface area contributed by atoms with Crippen molar-refractivity contribution >= 4 is 44.7 Å². The van der Waals surface area contributed by atoms with Crippen molar-refractivity contribution < 1.29 is 14.3 Å². The van der Waals surface area contributed by atoms with E-state index in [0.717, 1.165) is 64.8 Å². The topological polar surface area (TPSA) is 79.8 Å². The Hall–Kier alpha value is -3.85. The number of fused-ring (bicyclic) bond motifs is 1. The predicted molar refractivity (Wildman–Crippen MR) is 145 cm³/mol. The fraction of sp³-hybridized carbons (Fsp3) is 0.296. The van der Waals surface area contributed by atoms with Crippen molar-refractivity contribution in [3.05, 3.63) is 64.8 Å². The third-order valence-corrected chi connectivity index (χ3v) is 7.72. The van der Waals surface area contributed by atoms with Gasteiger partial charge in [-0.3, -0.25) is 4.79 Å². The van der Waals surface area contributed by atoms with E-state index < -0.39 is 0 Å². The SMILES string of the molecule is COc1ccc(C)cc1NC(=O)c1sc2ncnc(N3CCN(c4ccccc4OC)CC3)c2c1C. The number of anilines is 3. The molecule has 1 fully saturated rings. The number of carbonyl (C=O) groups is 1. The number of benzene rings is 2. The minimum absolute atomic E-state index is 0.175. The Bertz CT molecular complexity index is 1410. The second-order valence-electron chi connectivity index (χ2n) is 8.74. The van der Waals surface area contributed by atoms with Crippen LogP contribution in [0.15, 0.2) is 48.8 Å². The maximum Gasteiger partial charge on any atom is 0.266 e. The van der Waals surface area contributed by atoms with Crippen molar-refractivity contribution in [2.75, 3.05) is 55.5 Å². The number of ether oxygens (including phenoxy) is 2. The monoisotopic (exact) mass is 503 g/mol. The van der Waals surface area contributed by atoms with Gasteiger partial charge >= 0.3 is 0 Å². The first-order valence-electron chi connectivity index (χ1n) is 11.8. The zero-order valence-electron chi connectivity index (χ0n) is 20.9. The number of carbonyl (C=O) groups excluding carboxylic acids is 1. The molecule has 5 rings (SSSR count). The second kappa shape index (κ2) is 10.0. The summed E-state index contributed by atoms with van der Waals surface area (Å²) in [5.74, 6) is 2.21. The third-order valence-electron chi connectivity index (χ3n) is 6.52. The Labute approximate surface area is 214 Å². The maximum absolute atomic E-state index is 13.3. The van der Waals surface area contributed by atoms with Crippen LogP contribution in [0.1, 0.15) is 20.8 Å². The first kappa shape index (κ1) is 23.9. The summed E-state index contributed by atoms with van der Waals surface area (Å²) < 4.78 is 11.0. The molecule has 0 unspecified atom stereocenters. The number of nitrogens with one attached hydrogen (secondary N) is 1. The summed E-state index contributed by atoms with van der Waals surface area (Å²) in [6.07, 6.45) is 1.59. The number of piperazine rings is 1. The molecule has 1 aliphatic rings. The molecule has 0 radical (unpaired) electrons. The van der Waals surface area contributed by atoms with Crippen LogP contribution in [-0.4, -0.2) is 56.3 Å². The summed E-state index contributed by atoms with van der Waals surface area (Å²) in [5, 5.41) is 3.96. The molecule has 0 atom stereocenters. The number of hydrogen-bond donors (Lipinski definition) is 1. The Kier molecular flexibility index (Phi) is 6.65. The van der Waals surface area contributed by atoms with Gasteiger partial charge in [-0.2, -0.15) is 0 Å². The molecule has 0 aliphatic carbocycles. The van der Waals surface area contributed by atoms with Crippen molar-refractivity contribution in [2.24, 2.45) is 0 Å². The predicted octanol–water partition coefficient (Wildman–Crippen LogP) is 4.90. The van der Waals surface area contributed by atoms with E-state index >= 15 is 0 Å². The Morgan fingerprint density at radius 1 is 0.944 bits per heavy atom. The van der Waals surface area contributed by atoms with Crippen LogP contribution in [0.4, 0.5) is 17.2 Å². The van der Waals surface area contributed by atoms with Crippen molar-refractivity contribution in [1.29, 1.82) is 0 Å². The highest BCUT2D eigenvalue weighted by atomic mass is 32.1. The molecule has 9 heteroatoms. The van der Waals surface area contributed by atoms with E-state index in [-0.39, 0.29) is 5.91 Å². The van der Waals surface area contributed by atoms with Gasteiger partial charge in [0.05, 0.1) is 35.9 Å². The van der Waals surface area contributed by atoms with Crippen molar-refractivity contribution in [3.8, 4) is 11.5 Å². The van der Waals surface area contributed by atoms with Gasteiger partial charge in [0, 0.05) is 26.2 Å². The molecule has 3 heterocycles. The first-order chi connectivity index (χ1) is 17.5. The Morgan fingerprint density at radius 3 is 2.42 bits per heavy atom. The van der Waals surface area contributed by atoms with Crippen LogP contribution >= 0.6 is 11.3 Å². The zero-order chi connectivity index (χ0) is 25.2. The van der Waals surface area contributed by atoms with Gasteiger partial charge in [0.2, 0.25) is 0 Å². The first-order valence-corrected chi connectivity index (χ1v) is 12.6. The van der Waals surface area contributed by atoms with E-state index in [0.29, 0.717) is 16.3 Å². The average molecular weight is 504 g/mol. The van der Waals surface area contributed by atoms with E-state index in [2.05, 4.69) is 31.2 Å². The second-order valence-corrected chi connectivity index (χ2v) is 9.74. The van der Waals surface area contributed by atoms with E-state index in [1.54, 1.807) is 20.5 Å². The average Bonchev–Trinajstić information content (AvgIpc) is 3.25. The molecule has 1 amide bonds. The molecule has 1 saturated heterocycles. The molecule has 2 aromatic carbocycles. The van der Waals surface area contributed by atoms with Crippen LogP contribution in [0.5, 0.6) is 11.5 Å². The van der Waals surface area contributed by atoms with E-state index in [1.807, 2.05) is 50.2 Å². The van der Waals surface area contributed by atoms with Crippen LogP contribution in [-0.2, 0) is 0 Å². The lowest BCUT2D eigenvalue weighted by molar-refractivity contribution is 0.102. The van der Waals surface area contributed by atoms with Gasteiger partial charge in [-0.15, -0.1) is 11.3 Å². The molecule has 36 heavy (non-hydrogen) atoms. The molecule has 8 nitrogen and oxygen atoms in total. The lowest BCUT2D eigenvalue weighted by Gasteiger charge is -2.37. The number of rotatable bonds is 6. The van der Waals surface area contributed by atoms with Gasteiger partial charge in [0.1, 0.15) is 28.5 Å². The van der Waals surface area contributed by atoms with Crippen LogP contribution in [0.25, 0.3) is 10.2 Å². The fourth-order valence-corrected chi connectivity index (χ4v) is 5.70. The number of aromatic nitrogens is 2. The maximum atomic E-state index is 13.3. The Balaban J connectivity index is 1.40. The van der Waals surface area contributed by atoms with Crippen molar-refractivity contribution in [1.82, 2.24) is 9.97 Å². The van der Waals surface area contributed by atoms with Crippen molar-refractivity contribution in [3.63, 3.8) is 0 Å². The molecule has 4 aromatic rings. The van der Waals surface area contributed by atoms with Crippen LogP contribution in [0, 0.1) is 13.8 Å². The number of methoxy groups -OCH3 is 2. The number of thiophene rings is 1. The van der Waals surface area contributed by atoms with Gasteiger partial charge in [0.25, 0.3) is 5.91 Å². The fourth-order valence-electron chi connectivity index (χ4n) is 4.66. The largest absolute Gasteiger partial charge is 0.495 e. The van der Waals surface area contributed by atoms with E-state index in [4.69, 9.17) is 9.47 Å². The highest BCUT2D eigenvalue weighted by Gasteiger charge is 2.26. The lowest BCUT2D eigenvalue weighted by Crippen LogP contribution is -2.47. The molecule has 0 saturated carbocycles. The number of para-hydroxylation sites is 2. The highest BCUT2D eigenvalue weighted by Crippen LogP contribution is 2.37. The molecule has 1 aliphatic heterocycles. The molecular formula is C27H29N5O3S. The quantitative estimate of drug-likeness (QED) is 0.401. The summed E-state index contributed by atoms with van der Waals surface area (Å²) in [7, 11) is 3.30. The summed E-state index contributed by atoms with van der Waals surface area (Å²) >= 11 is 1.39. The summed E-state index contributed by atoms with van der Waals surface area (Å²) in [5.41, 5.74) is 3.68. The van der Waals surface area contributed by atoms with Crippen LogP contribution < -0.4 is 24.6 Å². The van der Waals surface area contributed by atoms with Gasteiger partial charge in [-0.05, 0) is 49.2 Å².